The van der Waals surface area contributed by atoms with Crippen LogP contribution in [-0.2, 0) is 13.0 Å². The minimum absolute atomic E-state index is 0.0355. The summed E-state index contributed by atoms with van der Waals surface area (Å²) in [5, 5.41) is 13.7. The number of carbonyl (C=O) groups is 2. The first-order valence-corrected chi connectivity index (χ1v) is 9.50. The van der Waals surface area contributed by atoms with Crippen molar-refractivity contribution < 1.29 is 18.9 Å². The fourth-order valence-electron chi connectivity index (χ4n) is 3.36. The van der Waals surface area contributed by atoms with Crippen LogP contribution in [0.5, 0.6) is 0 Å². The molecule has 1 aliphatic heterocycles. The lowest BCUT2D eigenvalue weighted by molar-refractivity contribution is -0.384. The molecule has 0 unspecified atom stereocenters. The fraction of sp³-hybridized carbons (Fsp3) is 0.143. The first-order chi connectivity index (χ1) is 14.4. The van der Waals surface area contributed by atoms with Crippen molar-refractivity contribution in [3.63, 3.8) is 0 Å². The van der Waals surface area contributed by atoms with Gasteiger partial charge in [-0.2, -0.15) is 0 Å². The van der Waals surface area contributed by atoms with E-state index in [1.54, 1.807) is 29.2 Å². The first kappa shape index (κ1) is 19.7. The van der Waals surface area contributed by atoms with E-state index in [4.69, 9.17) is 16.0 Å². The molecule has 8 nitrogen and oxygen atoms in total. The number of anilines is 1. The van der Waals surface area contributed by atoms with Crippen LogP contribution in [0.1, 0.15) is 32.0 Å². The molecule has 0 aliphatic carbocycles. The molecule has 0 bridgehead atoms. The molecule has 1 N–H and O–H groups in total. The average Bonchev–Trinajstić information content (AvgIpc) is 3.27. The number of nitrogens with one attached hydrogen (secondary N) is 1. The summed E-state index contributed by atoms with van der Waals surface area (Å²) in [6, 6.07) is 12.7. The molecule has 3 aromatic rings. The van der Waals surface area contributed by atoms with E-state index in [0.717, 1.165) is 17.2 Å². The Morgan fingerprint density at radius 3 is 2.70 bits per heavy atom. The Morgan fingerprint density at radius 1 is 1.13 bits per heavy atom. The van der Waals surface area contributed by atoms with E-state index in [2.05, 4.69) is 5.32 Å². The topological polar surface area (TPSA) is 106 Å². The highest BCUT2D eigenvalue weighted by atomic mass is 35.5. The van der Waals surface area contributed by atoms with Gasteiger partial charge in [-0.15, -0.1) is 0 Å². The fourth-order valence-corrected chi connectivity index (χ4v) is 3.55. The number of hydrogen-bond acceptors (Lipinski definition) is 5. The van der Waals surface area contributed by atoms with Crippen molar-refractivity contribution in [1.82, 2.24) is 4.90 Å². The standard InChI is InChI=1S/C21H16ClN3O5/c22-17-6-4-14(11-18(17)25(28)29)20(26)23-16-5-3-13-7-8-24(12-15(13)10-16)21(27)19-2-1-9-30-19/h1-6,9-11H,7-8,12H2,(H,23,26). The van der Waals surface area contributed by atoms with Gasteiger partial charge in [-0.25, -0.2) is 0 Å². The Labute approximate surface area is 176 Å². The zero-order valence-corrected chi connectivity index (χ0v) is 16.4. The van der Waals surface area contributed by atoms with Gasteiger partial charge in [0.1, 0.15) is 5.02 Å². The van der Waals surface area contributed by atoms with Gasteiger partial charge in [0.2, 0.25) is 0 Å². The van der Waals surface area contributed by atoms with Gasteiger partial charge in [0.25, 0.3) is 17.5 Å². The maximum atomic E-state index is 12.5. The highest BCUT2D eigenvalue weighted by Crippen LogP contribution is 2.27. The summed E-state index contributed by atoms with van der Waals surface area (Å²) in [6.45, 7) is 0.970. The lowest BCUT2D eigenvalue weighted by atomic mass is 9.98. The molecule has 30 heavy (non-hydrogen) atoms. The molecule has 4 rings (SSSR count). The summed E-state index contributed by atoms with van der Waals surface area (Å²) < 4.78 is 5.19. The minimum Gasteiger partial charge on any atom is -0.459 e. The second-order valence-electron chi connectivity index (χ2n) is 6.81. The molecule has 152 valence electrons. The van der Waals surface area contributed by atoms with Crippen LogP contribution in [-0.4, -0.2) is 28.2 Å². The molecule has 0 saturated carbocycles. The van der Waals surface area contributed by atoms with Crippen molar-refractivity contribution in [1.29, 1.82) is 0 Å². The Hall–Kier alpha value is -3.65. The number of furan rings is 1. The van der Waals surface area contributed by atoms with Crippen LogP contribution >= 0.6 is 11.6 Å². The molecule has 1 aliphatic rings. The number of halogens is 1. The van der Waals surface area contributed by atoms with Crippen molar-refractivity contribution in [3.8, 4) is 0 Å². The number of rotatable bonds is 4. The lowest BCUT2D eigenvalue weighted by Crippen LogP contribution is -2.35. The lowest BCUT2D eigenvalue weighted by Gasteiger charge is -2.28. The molecule has 2 aromatic carbocycles. The molecule has 0 fully saturated rings. The SMILES string of the molecule is O=C(Nc1ccc2c(c1)CN(C(=O)c1ccco1)CC2)c1ccc(Cl)c([N+](=O)[O-])c1. The Balaban J connectivity index is 1.51. The number of hydrogen-bond donors (Lipinski definition) is 1. The molecule has 2 heterocycles. The third-order valence-corrected chi connectivity index (χ3v) is 5.22. The Morgan fingerprint density at radius 2 is 1.97 bits per heavy atom. The van der Waals surface area contributed by atoms with E-state index >= 15 is 0 Å². The van der Waals surface area contributed by atoms with E-state index in [-0.39, 0.29) is 27.9 Å². The predicted octanol–water partition coefficient (Wildman–Crippen LogP) is 4.29. The van der Waals surface area contributed by atoms with Crippen LogP contribution in [0.4, 0.5) is 11.4 Å². The van der Waals surface area contributed by atoms with E-state index in [1.807, 2.05) is 6.07 Å². The van der Waals surface area contributed by atoms with Gasteiger partial charge >= 0.3 is 0 Å². The summed E-state index contributed by atoms with van der Waals surface area (Å²) >= 11 is 5.80. The number of nitrogens with zero attached hydrogens (tertiary/aromatic N) is 2. The van der Waals surface area contributed by atoms with Crippen LogP contribution in [0.3, 0.4) is 0 Å². The first-order valence-electron chi connectivity index (χ1n) is 9.12. The summed E-state index contributed by atoms with van der Waals surface area (Å²) in [6.07, 6.45) is 2.15. The van der Waals surface area contributed by atoms with Gasteiger partial charge in [-0.1, -0.05) is 17.7 Å². The number of benzene rings is 2. The van der Waals surface area contributed by atoms with E-state index in [0.29, 0.717) is 25.2 Å². The predicted molar refractivity (Wildman–Crippen MR) is 110 cm³/mol. The second kappa shape index (κ2) is 8.00. The molecule has 2 amide bonds. The molecule has 0 atom stereocenters. The van der Waals surface area contributed by atoms with Gasteiger partial charge < -0.3 is 14.6 Å². The van der Waals surface area contributed by atoms with Crippen LogP contribution in [0, 0.1) is 10.1 Å². The molecular weight excluding hydrogens is 410 g/mol. The Kier molecular flexibility index (Phi) is 5.24. The van der Waals surface area contributed by atoms with Crippen LogP contribution < -0.4 is 5.32 Å². The van der Waals surface area contributed by atoms with Gasteiger partial charge in [0, 0.05) is 30.4 Å². The molecular formula is C21H16ClN3O5. The van der Waals surface area contributed by atoms with Crippen molar-refractivity contribution in [2.75, 3.05) is 11.9 Å². The van der Waals surface area contributed by atoms with Crippen LogP contribution in [0.15, 0.2) is 59.2 Å². The number of nitro groups is 1. The van der Waals surface area contributed by atoms with Crippen molar-refractivity contribution in [3.05, 3.63) is 92.4 Å². The highest BCUT2D eigenvalue weighted by molar-refractivity contribution is 6.32. The smallest absolute Gasteiger partial charge is 0.289 e. The zero-order chi connectivity index (χ0) is 21.3. The zero-order valence-electron chi connectivity index (χ0n) is 15.6. The molecule has 0 radical (unpaired) electrons. The molecule has 0 saturated heterocycles. The van der Waals surface area contributed by atoms with Gasteiger partial charge in [0.05, 0.1) is 11.2 Å². The monoisotopic (exact) mass is 425 g/mol. The number of amides is 2. The normalized spacial score (nSPS) is 12.9. The van der Waals surface area contributed by atoms with Crippen molar-refractivity contribution >= 4 is 34.8 Å². The average molecular weight is 426 g/mol. The molecule has 9 heteroatoms. The maximum Gasteiger partial charge on any atom is 0.289 e. The number of fused-ring (bicyclic) bond motifs is 1. The number of carbonyl (C=O) groups excluding carboxylic acids is 2. The maximum absolute atomic E-state index is 12.5. The largest absolute Gasteiger partial charge is 0.459 e. The van der Waals surface area contributed by atoms with Gasteiger partial charge in [0.15, 0.2) is 5.76 Å². The number of nitro benzene ring substituents is 1. The second-order valence-corrected chi connectivity index (χ2v) is 7.22. The summed E-state index contributed by atoms with van der Waals surface area (Å²) in [5.74, 6) is -0.394. The van der Waals surface area contributed by atoms with E-state index in [1.165, 1.54) is 18.4 Å². The third kappa shape index (κ3) is 3.90. The Bertz CT molecular complexity index is 1140. The van der Waals surface area contributed by atoms with Crippen LogP contribution in [0.2, 0.25) is 5.02 Å². The van der Waals surface area contributed by atoms with Crippen LogP contribution in [0.25, 0.3) is 0 Å². The highest BCUT2D eigenvalue weighted by Gasteiger charge is 2.24. The van der Waals surface area contributed by atoms with Gasteiger partial charge in [-0.3, -0.25) is 19.7 Å². The summed E-state index contributed by atoms with van der Waals surface area (Å²) in [5.41, 5.74) is 2.34. The van der Waals surface area contributed by atoms with E-state index < -0.39 is 10.8 Å². The van der Waals surface area contributed by atoms with Crippen molar-refractivity contribution in [2.45, 2.75) is 13.0 Å². The third-order valence-electron chi connectivity index (χ3n) is 4.90. The summed E-state index contributed by atoms with van der Waals surface area (Å²) in [4.78, 5) is 37.2. The van der Waals surface area contributed by atoms with Crippen molar-refractivity contribution in [2.24, 2.45) is 0 Å². The molecule has 1 aromatic heterocycles. The molecule has 0 spiro atoms. The van der Waals surface area contributed by atoms with E-state index in [9.17, 15) is 19.7 Å². The minimum atomic E-state index is -0.636. The summed E-state index contributed by atoms with van der Waals surface area (Å²) in [7, 11) is 0. The quantitative estimate of drug-likeness (QED) is 0.495. The van der Waals surface area contributed by atoms with Gasteiger partial charge in [-0.05, 0) is 53.9 Å².